The first-order valence-corrected chi connectivity index (χ1v) is 8.41. The van der Waals surface area contributed by atoms with Gasteiger partial charge in [-0.05, 0) is 33.2 Å². The fraction of sp³-hybridized carbons (Fsp3) is 0.800. The normalized spacial score (nSPS) is 14.4. The van der Waals surface area contributed by atoms with Gasteiger partial charge in [0.15, 0.2) is 5.13 Å². The van der Waals surface area contributed by atoms with Crippen LogP contribution in [0.4, 0.5) is 5.13 Å². The zero-order chi connectivity index (χ0) is 14.3. The Morgan fingerprint density at radius 1 is 1.32 bits per heavy atom. The molecule has 0 saturated heterocycles. The van der Waals surface area contributed by atoms with Gasteiger partial charge in [0, 0.05) is 29.7 Å². The SMILES string of the molecule is CCCCN(c1ncc(C(C)NCC)s1)C(C)CC. The van der Waals surface area contributed by atoms with Crippen LogP contribution in [-0.4, -0.2) is 24.1 Å². The summed E-state index contributed by atoms with van der Waals surface area (Å²) in [5.41, 5.74) is 0. The van der Waals surface area contributed by atoms with Crippen molar-refractivity contribution in [1.82, 2.24) is 10.3 Å². The Bertz CT molecular complexity index is 351. The summed E-state index contributed by atoms with van der Waals surface area (Å²) < 4.78 is 0. The van der Waals surface area contributed by atoms with Crippen molar-refractivity contribution in [3.8, 4) is 0 Å². The first kappa shape index (κ1) is 16.4. The Hall–Kier alpha value is -0.610. The number of thiazole rings is 1. The van der Waals surface area contributed by atoms with Crippen molar-refractivity contribution in [2.75, 3.05) is 18.0 Å². The Kier molecular flexibility index (Phi) is 7.39. The highest BCUT2D eigenvalue weighted by atomic mass is 32.1. The first-order chi connectivity index (χ1) is 9.13. The third kappa shape index (κ3) is 4.77. The number of hydrogen-bond acceptors (Lipinski definition) is 4. The maximum atomic E-state index is 4.65. The monoisotopic (exact) mass is 283 g/mol. The number of rotatable bonds is 9. The zero-order valence-corrected chi connectivity index (χ0v) is 13.9. The molecular formula is C15H29N3S. The van der Waals surface area contributed by atoms with E-state index in [0.29, 0.717) is 12.1 Å². The van der Waals surface area contributed by atoms with Gasteiger partial charge < -0.3 is 10.2 Å². The van der Waals surface area contributed by atoms with E-state index in [2.05, 4.69) is 49.8 Å². The predicted molar refractivity (Wildman–Crippen MR) is 86.2 cm³/mol. The van der Waals surface area contributed by atoms with Crippen LogP contribution in [0.3, 0.4) is 0 Å². The number of hydrogen-bond donors (Lipinski definition) is 1. The summed E-state index contributed by atoms with van der Waals surface area (Å²) >= 11 is 1.84. The summed E-state index contributed by atoms with van der Waals surface area (Å²) in [5, 5.41) is 4.64. The van der Waals surface area contributed by atoms with Gasteiger partial charge in [-0.15, -0.1) is 11.3 Å². The number of nitrogens with zero attached hydrogens (tertiary/aromatic N) is 2. The maximum Gasteiger partial charge on any atom is 0.185 e. The fourth-order valence-electron chi connectivity index (χ4n) is 2.07. The summed E-state index contributed by atoms with van der Waals surface area (Å²) in [4.78, 5) is 8.45. The minimum atomic E-state index is 0.404. The number of unbranched alkanes of at least 4 members (excludes halogenated alkanes) is 1. The van der Waals surface area contributed by atoms with Gasteiger partial charge in [-0.2, -0.15) is 0 Å². The molecule has 1 rings (SSSR count). The maximum absolute atomic E-state index is 4.65. The van der Waals surface area contributed by atoms with E-state index in [1.165, 1.54) is 29.3 Å². The molecule has 1 N–H and O–H groups in total. The molecule has 1 heterocycles. The Morgan fingerprint density at radius 3 is 2.63 bits per heavy atom. The molecule has 0 radical (unpaired) electrons. The molecule has 4 heteroatoms. The largest absolute Gasteiger partial charge is 0.345 e. The molecule has 2 atom stereocenters. The number of nitrogens with one attached hydrogen (secondary N) is 1. The van der Waals surface area contributed by atoms with Gasteiger partial charge in [0.2, 0.25) is 0 Å². The van der Waals surface area contributed by atoms with Crippen molar-refractivity contribution in [2.24, 2.45) is 0 Å². The molecule has 2 unspecified atom stereocenters. The molecular weight excluding hydrogens is 254 g/mol. The van der Waals surface area contributed by atoms with Gasteiger partial charge in [-0.3, -0.25) is 0 Å². The highest BCUT2D eigenvalue weighted by Crippen LogP contribution is 2.29. The Labute approximate surface area is 122 Å². The van der Waals surface area contributed by atoms with E-state index >= 15 is 0 Å². The fourth-order valence-corrected chi connectivity index (χ4v) is 3.14. The van der Waals surface area contributed by atoms with Crippen LogP contribution in [0.15, 0.2) is 6.20 Å². The molecule has 0 aromatic carbocycles. The molecule has 1 aromatic rings. The lowest BCUT2D eigenvalue weighted by atomic mass is 10.2. The van der Waals surface area contributed by atoms with Crippen LogP contribution in [-0.2, 0) is 0 Å². The average Bonchev–Trinajstić information content (AvgIpc) is 2.88. The lowest BCUT2D eigenvalue weighted by Gasteiger charge is -2.28. The van der Waals surface area contributed by atoms with Crippen molar-refractivity contribution in [3.63, 3.8) is 0 Å². The molecule has 0 spiro atoms. The van der Waals surface area contributed by atoms with Crippen LogP contribution in [0.25, 0.3) is 0 Å². The number of anilines is 1. The van der Waals surface area contributed by atoms with Crippen LogP contribution in [0.1, 0.15) is 64.8 Å². The Balaban J connectivity index is 2.78. The van der Waals surface area contributed by atoms with E-state index in [9.17, 15) is 0 Å². The van der Waals surface area contributed by atoms with E-state index in [1.54, 1.807) is 0 Å². The second-order valence-electron chi connectivity index (χ2n) is 5.13. The van der Waals surface area contributed by atoms with E-state index < -0.39 is 0 Å². The summed E-state index contributed by atoms with van der Waals surface area (Å²) in [6.45, 7) is 13.3. The van der Waals surface area contributed by atoms with Gasteiger partial charge in [-0.1, -0.05) is 27.2 Å². The minimum absolute atomic E-state index is 0.404. The van der Waals surface area contributed by atoms with Gasteiger partial charge in [0.1, 0.15) is 0 Å². The van der Waals surface area contributed by atoms with Gasteiger partial charge >= 0.3 is 0 Å². The van der Waals surface area contributed by atoms with Gasteiger partial charge in [0.05, 0.1) is 0 Å². The van der Waals surface area contributed by atoms with Gasteiger partial charge in [0.25, 0.3) is 0 Å². The second-order valence-corrected chi connectivity index (χ2v) is 6.17. The molecule has 0 amide bonds. The molecule has 0 saturated carbocycles. The highest BCUT2D eigenvalue weighted by molar-refractivity contribution is 7.15. The van der Waals surface area contributed by atoms with Crippen LogP contribution < -0.4 is 10.2 Å². The van der Waals surface area contributed by atoms with Crippen molar-refractivity contribution >= 4 is 16.5 Å². The topological polar surface area (TPSA) is 28.2 Å². The summed E-state index contributed by atoms with van der Waals surface area (Å²) in [7, 11) is 0. The third-order valence-corrected chi connectivity index (χ3v) is 4.79. The van der Waals surface area contributed by atoms with Crippen LogP contribution in [0, 0.1) is 0 Å². The lowest BCUT2D eigenvalue weighted by Crippen LogP contribution is -2.33. The third-order valence-electron chi connectivity index (χ3n) is 3.57. The summed E-state index contributed by atoms with van der Waals surface area (Å²) in [6.07, 6.45) is 5.68. The molecule has 0 aliphatic heterocycles. The van der Waals surface area contributed by atoms with Crippen LogP contribution >= 0.6 is 11.3 Å². The highest BCUT2D eigenvalue weighted by Gasteiger charge is 2.17. The Morgan fingerprint density at radius 2 is 2.05 bits per heavy atom. The molecule has 1 aromatic heterocycles. The molecule has 19 heavy (non-hydrogen) atoms. The molecule has 0 bridgehead atoms. The summed E-state index contributed by atoms with van der Waals surface area (Å²) in [5.74, 6) is 0. The van der Waals surface area contributed by atoms with E-state index in [0.717, 1.165) is 13.1 Å². The van der Waals surface area contributed by atoms with Crippen LogP contribution in [0.2, 0.25) is 0 Å². The smallest absolute Gasteiger partial charge is 0.185 e. The molecule has 0 fully saturated rings. The summed E-state index contributed by atoms with van der Waals surface area (Å²) in [6, 6.07) is 0.973. The molecule has 0 aliphatic carbocycles. The minimum Gasteiger partial charge on any atom is -0.345 e. The van der Waals surface area contributed by atoms with Gasteiger partial charge in [-0.25, -0.2) is 4.98 Å². The quantitative estimate of drug-likeness (QED) is 0.735. The van der Waals surface area contributed by atoms with Crippen molar-refractivity contribution in [1.29, 1.82) is 0 Å². The predicted octanol–water partition coefficient (Wildman–Crippen LogP) is 4.22. The second kappa shape index (κ2) is 8.54. The number of aromatic nitrogens is 1. The van der Waals surface area contributed by atoms with Crippen molar-refractivity contribution in [3.05, 3.63) is 11.1 Å². The zero-order valence-electron chi connectivity index (χ0n) is 13.1. The lowest BCUT2D eigenvalue weighted by molar-refractivity contribution is 0.594. The van der Waals surface area contributed by atoms with E-state index in [-0.39, 0.29) is 0 Å². The van der Waals surface area contributed by atoms with Crippen molar-refractivity contribution < 1.29 is 0 Å². The average molecular weight is 283 g/mol. The van der Waals surface area contributed by atoms with Crippen LogP contribution in [0.5, 0.6) is 0 Å². The molecule has 0 aliphatic rings. The van der Waals surface area contributed by atoms with Crippen molar-refractivity contribution in [2.45, 2.75) is 66.0 Å². The standard InChI is InChI=1S/C15H29N3S/c1-6-9-10-18(12(4)7-2)15-17-11-14(19-15)13(5)16-8-3/h11-13,16H,6-10H2,1-5H3. The van der Waals surface area contributed by atoms with E-state index in [4.69, 9.17) is 0 Å². The first-order valence-electron chi connectivity index (χ1n) is 7.59. The molecule has 110 valence electrons. The van der Waals surface area contributed by atoms with E-state index in [1.807, 2.05) is 17.5 Å². The molecule has 3 nitrogen and oxygen atoms in total.